The van der Waals surface area contributed by atoms with Crippen LogP contribution in [0.3, 0.4) is 0 Å². The van der Waals surface area contributed by atoms with Crippen molar-refractivity contribution in [1.82, 2.24) is 0 Å². The summed E-state index contributed by atoms with van der Waals surface area (Å²) in [6.45, 7) is -0.0591. The average molecular weight is 162 g/mol. The minimum atomic E-state index is -0.414. The minimum Gasteiger partial charge on any atom is -0.460 e. The third-order valence-corrected chi connectivity index (χ3v) is 1.08. The van der Waals surface area contributed by atoms with Gasteiger partial charge in [0.25, 0.3) is 0 Å². The average Bonchev–Trinajstić information content (AvgIpc) is 1.97. The number of aliphatic hydroxyl groups excluding tert-OH is 1. The zero-order valence-electron chi connectivity index (χ0n) is 5.74. The van der Waals surface area contributed by atoms with E-state index in [-0.39, 0.29) is 13.2 Å². The Morgan fingerprint density at radius 1 is 1.80 bits per heavy atom. The van der Waals surface area contributed by atoms with Gasteiger partial charge in [-0.25, -0.2) is 4.79 Å². The van der Waals surface area contributed by atoms with Crippen molar-refractivity contribution < 1.29 is 14.6 Å². The van der Waals surface area contributed by atoms with Crippen LogP contribution in [-0.4, -0.2) is 30.5 Å². The van der Waals surface area contributed by atoms with E-state index >= 15 is 0 Å². The summed E-state index contributed by atoms with van der Waals surface area (Å²) < 4.78 is 4.50. The molecule has 0 aromatic carbocycles. The molecule has 0 atom stereocenters. The van der Waals surface area contributed by atoms with Gasteiger partial charge < -0.3 is 9.84 Å². The lowest BCUT2D eigenvalue weighted by atomic mass is 10.6. The van der Waals surface area contributed by atoms with Gasteiger partial charge in [0.1, 0.15) is 6.61 Å². The topological polar surface area (TPSA) is 46.5 Å². The van der Waals surface area contributed by atoms with Gasteiger partial charge in [0.05, 0.1) is 6.61 Å². The number of aliphatic hydroxyl groups is 1. The monoisotopic (exact) mass is 162 g/mol. The van der Waals surface area contributed by atoms with Gasteiger partial charge in [-0.05, 0) is 11.7 Å². The van der Waals surface area contributed by atoms with Gasteiger partial charge >= 0.3 is 5.97 Å². The number of hydrogen-bond acceptors (Lipinski definition) is 4. The number of esters is 1. The maximum Gasteiger partial charge on any atom is 0.331 e. The second kappa shape index (κ2) is 6.64. The van der Waals surface area contributed by atoms with Crippen LogP contribution < -0.4 is 0 Å². The molecule has 0 saturated heterocycles. The van der Waals surface area contributed by atoms with Crippen molar-refractivity contribution in [2.75, 3.05) is 19.5 Å². The van der Waals surface area contributed by atoms with Crippen LogP contribution in [0.5, 0.6) is 0 Å². The third kappa shape index (κ3) is 5.65. The van der Waals surface area contributed by atoms with Crippen LogP contribution in [0.2, 0.25) is 0 Å². The standard InChI is InChI=1S/C6H10O3S/c1-10-5-2-6(8)9-4-3-7/h2,5,7H,3-4H2,1H3/b5-2+. The molecule has 4 heteroatoms. The summed E-state index contributed by atoms with van der Waals surface area (Å²) in [4.78, 5) is 10.5. The molecule has 0 bridgehead atoms. The molecular weight excluding hydrogens is 152 g/mol. The molecule has 0 amide bonds. The van der Waals surface area contributed by atoms with Crippen molar-refractivity contribution in [2.45, 2.75) is 0 Å². The summed E-state index contributed by atoms with van der Waals surface area (Å²) in [7, 11) is 0. The second-order valence-electron chi connectivity index (χ2n) is 1.43. The summed E-state index contributed by atoms with van der Waals surface area (Å²) in [6, 6.07) is 0. The zero-order chi connectivity index (χ0) is 7.82. The lowest BCUT2D eigenvalue weighted by Crippen LogP contribution is -2.04. The lowest BCUT2D eigenvalue weighted by Gasteiger charge is -1.95. The first-order valence-electron chi connectivity index (χ1n) is 2.78. The predicted molar refractivity (Wildman–Crippen MR) is 40.7 cm³/mol. The lowest BCUT2D eigenvalue weighted by molar-refractivity contribution is -0.138. The number of carbonyl (C=O) groups excluding carboxylic acids is 1. The van der Waals surface area contributed by atoms with Crippen LogP contribution in [0.1, 0.15) is 0 Å². The largest absolute Gasteiger partial charge is 0.460 e. The Morgan fingerprint density at radius 2 is 2.50 bits per heavy atom. The van der Waals surface area contributed by atoms with E-state index in [0.717, 1.165) is 0 Å². The van der Waals surface area contributed by atoms with Gasteiger partial charge in [-0.3, -0.25) is 0 Å². The summed E-state index contributed by atoms with van der Waals surface area (Å²) in [6.07, 6.45) is 3.16. The van der Waals surface area contributed by atoms with Crippen LogP contribution in [-0.2, 0) is 9.53 Å². The minimum absolute atomic E-state index is 0.0670. The molecule has 0 spiro atoms. The number of hydrogen-bond donors (Lipinski definition) is 1. The van der Waals surface area contributed by atoms with Crippen LogP contribution in [0.4, 0.5) is 0 Å². The highest BCUT2D eigenvalue weighted by Gasteiger charge is 1.92. The number of thioether (sulfide) groups is 1. The van der Waals surface area contributed by atoms with Gasteiger partial charge in [0, 0.05) is 6.08 Å². The molecule has 0 aliphatic heterocycles. The van der Waals surface area contributed by atoms with Gasteiger partial charge in [-0.15, -0.1) is 11.8 Å². The summed E-state index contributed by atoms with van der Waals surface area (Å²) in [5.41, 5.74) is 0. The molecule has 0 aromatic heterocycles. The SMILES string of the molecule is CS/C=C/C(=O)OCCO. The highest BCUT2D eigenvalue weighted by Crippen LogP contribution is 1.93. The molecule has 0 unspecified atom stereocenters. The van der Waals surface area contributed by atoms with Crippen LogP contribution in [0, 0.1) is 0 Å². The fourth-order valence-corrected chi connectivity index (χ4v) is 0.565. The maximum atomic E-state index is 10.5. The number of ether oxygens (including phenoxy) is 1. The van der Waals surface area contributed by atoms with Gasteiger partial charge in [0.2, 0.25) is 0 Å². The van der Waals surface area contributed by atoms with E-state index in [2.05, 4.69) is 4.74 Å². The van der Waals surface area contributed by atoms with Crippen LogP contribution in [0.25, 0.3) is 0 Å². The second-order valence-corrected chi connectivity index (χ2v) is 2.17. The van der Waals surface area contributed by atoms with Crippen LogP contribution in [0.15, 0.2) is 11.5 Å². The third-order valence-electron chi connectivity index (χ3n) is 0.676. The van der Waals surface area contributed by atoms with E-state index < -0.39 is 5.97 Å². The molecule has 0 rings (SSSR count). The fourth-order valence-electron chi connectivity index (χ4n) is 0.318. The highest BCUT2D eigenvalue weighted by molar-refractivity contribution is 8.01. The maximum absolute atomic E-state index is 10.5. The highest BCUT2D eigenvalue weighted by atomic mass is 32.2. The van der Waals surface area contributed by atoms with Crippen molar-refractivity contribution >= 4 is 17.7 Å². The normalized spacial score (nSPS) is 10.2. The fraction of sp³-hybridized carbons (Fsp3) is 0.500. The Bertz CT molecular complexity index is 122. The van der Waals surface area contributed by atoms with Crippen molar-refractivity contribution in [1.29, 1.82) is 0 Å². The van der Waals surface area contributed by atoms with E-state index in [9.17, 15) is 4.79 Å². The molecule has 0 aliphatic rings. The molecule has 0 fully saturated rings. The first-order valence-corrected chi connectivity index (χ1v) is 4.07. The first-order chi connectivity index (χ1) is 4.81. The Labute approximate surface area is 64.1 Å². The van der Waals surface area contributed by atoms with E-state index in [0.29, 0.717) is 0 Å². The molecule has 0 saturated carbocycles. The zero-order valence-corrected chi connectivity index (χ0v) is 6.56. The number of carbonyl (C=O) groups is 1. The Morgan fingerprint density at radius 3 is 3.00 bits per heavy atom. The van der Waals surface area contributed by atoms with E-state index in [1.807, 2.05) is 6.26 Å². The Kier molecular flexibility index (Phi) is 6.32. The molecule has 0 aromatic rings. The van der Waals surface area contributed by atoms with Gasteiger partial charge in [0.15, 0.2) is 0 Å². The Hall–Kier alpha value is -0.480. The quantitative estimate of drug-likeness (QED) is 0.480. The Balaban J connectivity index is 3.34. The van der Waals surface area contributed by atoms with Crippen LogP contribution >= 0.6 is 11.8 Å². The molecule has 0 heterocycles. The molecule has 10 heavy (non-hydrogen) atoms. The molecule has 1 N–H and O–H groups in total. The molecule has 3 nitrogen and oxygen atoms in total. The van der Waals surface area contributed by atoms with E-state index in [1.54, 1.807) is 5.41 Å². The number of rotatable bonds is 4. The first kappa shape index (κ1) is 9.52. The summed E-state index contributed by atoms with van der Waals surface area (Å²) in [5.74, 6) is -0.414. The van der Waals surface area contributed by atoms with E-state index in [1.165, 1.54) is 17.8 Å². The van der Waals surface area contributed by atoms with Crippen molar-refractivity contribution in [3.8, 4) is 0 Å². The van der Waals surface area contributed by atoms with E-state index in [4.69, 9.17) is 5.11 Å². The smallest absolute Gasteiger partial charge is 0.331 e. The molecule has 0 aliphatic carbocycles. The summed E-state index contributed by atoms with van der Waals surface area (Å²) in [5, 5.41) is 9.86. The molecular formula is C6H10O3S. The van der Waals surface area contributed by atoms with Gasteiger partial charge in [-0.2, -0.15) is 0 Å². The van der Waals surface area contributed by atoms with Crippen molar-refractivity contribution in [3.63, 3.8) is 0 Å². The van der Waals surface area contributed by atoms with Gasteiger partial charge in [-0.1, -0.05) is 0 Å². The molecule has 0 radical (unpaired) electrons. The summed E-state index contributed by atoms with van der Waals surface area (Å²) >= 11 is 1.42. The van der Waals surface area contributed by atoms with Crippen molar-refractivity contribution in [2.24, 2.45) is 0 Å². The predicted octanol–water partition coefficient (Wildman–Crippen LogP) is 0.399. The van der Waals surface area contributed by atoms with Crippen molar-refractivity contribution in [3.05, 3.63) is 11.5 Å². The molecule has 58 valence electrons.